The van der Waals surface area contributed by atoms with Crippen LogP contribution in [0, 0.1) is 16.0 Å². The number of H-pyrrole nitrogens is 1. The number of rotatable bonds is 7. The fourth-order valence-corrected chi connectivity index (χ4v) is 3.97. The Balaban J connectivity index is 1.60. The number of aryl methyl sites for hydroxylation is 1. The number of aromatic amines is 1. The second-order valence-electron chi connectivity index (χ2n) is 8.40. The van der Waals surface area contributed by atoms with Gasteiger partial charge in [0.25, 0.3) is 11.2 Å². The van der Waals surface area contributed by atoms with E-state index in [4.69, 9.17) is 4.74 Å². The molecule has 176 valence electrons. The first-order valence-corrected chi connectivity index (χ1v) is 10.7. The molecule has 1 saturated heterocycles. The molecule has 1 atom stereocenters. The predicted molar refractivity (Wildman–Crippen MR) is 121 cm³/mol. The van der Waals surface area contributed by atoms with Gasteiger partial charge in [-0.1, -0.05) is 6.92 Å². The fourth-order valence-electron chi connectivity index (χ4n) is 3.97. The van der Waals surface area contributed by atoms with Crippen LogP contribution in [0.1, 0.15) is 19.8 Å². The fraction of sp³-hybridized carbons (Fsp3) is 0.476. The van der Waals surface area contributed by atoms with Crippen LogP contribution in [0.3, 0.4) is 0 Å². The van der Waals surface area contributed by atoms with Gasteiger partial charge >= 0.3 is 5.69 Å². The molecule has 3 heterocycles. The average molecular weight is 458 g/mol. The van der Waals surface area contributed by atoms with Crippen LogP contribution < -0.4 is 20.9 Å². The molecule has 0 radical (unpaired) electrons. The summed E-state index contributed by atoms with van der Waals surface area (Å²) in [4.78, 5) is 44.0. The van der Waals surface area contributed by atoms with Gasteiger partial charge in [0, 0.05) is 32.3 Å². The molecule has 4 rings (SSSR count). The lowest BCUT2D eigenvalue weighted by molar-refractivity contribution is -0.384. The lowest BCUT2D eigenvalue weighted by Crippen LogP contribution is -2.36. The number of nitro benzene ring substituents is 1. The van der Waals surface area contributed by atoms with Gasteiger partial charge in [0.05, 0.1) is 11.5 Å². The largest absolute Gasteiger partial charge is 0.491 e. The van der Waals surface area contributed by atoms with Crippen molar-refractivity contribution < 1.29 is 14.8 Å². The van der Waals surface area contributed by atoms with Gasteiger partial charge in [0.1, 0.15) is 18.5 Å². The molecule has 1 fully saturated rings. The van der Waals surface area contributed by atoms with Crippen LogP contribution in [0.15, 0.2) is 33.9 Å². The smallest absolute Gasteiger partial charge is 0.329 e. The summed E-state index contributed by atoms with van der Waals surface area (Å²) < 4.78 is 8.49. The highest BCUT2D eigenvalue weighted by Gasteiger charge is 2.25. The summed E-state index contributed by atoms with van der Waals surface area (Å²) in [7, 11) is 1.54. The van der Waals surface area contributed by atoms with Crippen molar-refractivity contribution >= 4 is 22.8 Å². The number of anilines is 1. The van der Waals surface area contributed by atoms with E-state index in [0.717, 1.165) is 25.9 Å². The number of aliphatic hydroxyl groups is 1. The zero-order valence-corrected chi connectivity index (χ0v) is 18.4. The van der Waals surface area contributed by atoms with Crippen LogP contribution in [-0.4, -0.2) is 54.9 Å². The molecule has 12 heteroatoms. The van der Waals surface area contributed by atoms with E-state index in [1.54, 1.807) is 4.57 Å². The van der Waals surface area contributed by atoms with E-state index in [1.165, 1.54) is 35.9 Å². The van der Waals surface area contributed by atoms with Crippen LogP contribution in [0.2, 0.25) is 0 Å². The predicted octanol–water partition coefficient (Wildman–Crippen LogP) is 1.01. The number of nitro groups is 1. The molecule has 12 nitrogen and oxygen atoms in total. The van der Waals surface area contributed by atoms with Gasteiger partial charge in [-0.05, 0) is 30.9 Å². The molecule has 0 bridgehead atoms. The molecule has 1 aromatic carbocycles. The van der Waals surface area contributed by atoms with E-state index in [9.17, 15) is 24.8 Å². The van der Waals surface area contributed by atoms with Gasteiger partial charge in [-0.15, -0.1) is 0 Å². The molecule has 0 spiro atoms. The number of non-ortho nitro benzene ring substituents is 1. The van der Waals surface area contributed by atoms with E-state index in [-0.39, 0.29) is 30.0 Å². The Kier molecular flexibility index (Phi) is 6.18. The van der Waals surface area contributed by atoms with Crippen LogP contribution in [-0.2, 0) is 13.6 Å². The Morgan fingerprint density at radius 1 is 1.27 bits per heavy atom. The number of ether oxygens (including phenoxy) is 1. The number of hydrogen-bond acceptors (Lipinski definition) is 8. The van der Waals surface area contributed by atoms with Crippen molar-refractivity contribution in [3.63, 3.8) is 0 Å². The molecule has 1 unspecified atom stereocenters. The molecule has 3 aromatic rings. The summed E-state index contributed by atoms with van der Waals surface area (Å²) in [6.07, 6.45) is 0.950. The van der Waals surface area contributed by atoms with Gasteiger partial charge in [0.2, 0.25) is 5.95 Å². The normalized spacial score (nSPS) is 15.7. The van der Waals surface area contributed by atoms with E-state index in [2.05, 4.69) is 21.8 Å². The number of piperidine rings is 1. The van der Waals surface area contributed by atoms with Gasteiger partial charge in [-0.25, -0.2) is 4.79 Å². The van der Waals surface area contributed by atoms with Gasteiger partial charge in [-0.2, -0.15) is 4.98 Å². The van der Waals surface area contributed by atoms with Crippen molar-refractivity contribution in [2.75, 3.05) is 24.6 Å². The van der Waals surface area contributed by atoms with Crippen molar-refractivity contribution in [3.05, 3.63) is 55.2 Å². The quantitative estimate of drug-likeness (QED) is 0.394. The first-order valence-electron chi connectivity index (χ1n) is 10.7. The Hall–Kier alpha value is -3.67. The topological polar surface area (TPSA) is 149 Å². The summed E-state index contributed by atoms with van der Waals surface area (Å²) in [6, 6.07) is 5.55. The zero-order valence-electron chi connectivity index (χ0n) is 18.4. The van der Waals surface area contributed by atoms with E-state index in [0.29, 0.717) is 17.6 Å². The molecule has 0 amide bonds. The third-order valence-electron chi connectivity index (χ3n) is 5.94. The van der Waals surface area contributed by atoms with Crippen molar-refractivity contribution in [2.24, 2.45) is 13.0 Å². The van der Waals surface area contributed by atoms with Crippen molar-refractivity contribution in [1.82, 2.24) is 19.1 Å². The maximum Gasteiger partial charge on any atom is 0.329 e. The molecule has 1 aliphatic heterocycles. The second kappa shape index (κ2) is 9.06. The second-order valence-corrected chi connectivity index (χ2v) is 8.40. The monoisotopic (exact) mass is 458 g/mol. The number of nitrogens with one attached hydrogen (secondary N) is 1. The SMILES string of the molecule is CC1CCN(c2nc3c(c(=O)[nH]c(=O)n3C)n2CC(O)COc2ccc([N+](=O)[O-])cc2)CC1. The van der Waals surface area contributed by atoms with E-state index < -0.39 is 22.3 Å². The molecular weight excluding hydrogens is 432 g/mol. The number of benzene rings is 1. The number of hydrogen-bond donors (Lipinski definition) is 2. The van der Waals surface area contributed by atoms with Crippen molar-refractivity contribution in [3.8, 4) is 5.75 Å². The van der Waals surface area contributed by atoms with Crippen molar-refractivity contribution in [2.45, 2.75) is 32.4 Å². The minimum atomic E-state index is -1.00. The zero-order chi connectivity index (χ0) is 23.7. The Labute approximate surface area is 188 Å². The van der Waals surface area contributed by atoms with Gasteiger partial charge in [-0.3, -0.25) is 24.5 Å². The lowest BCUT2D eigenvalue weighted by Gasteiger charge is -2.31. The third kappa shape index (κ3) is 4.60. The minimum absolute atomic E-state index is 0.0200. The lowest BCUT2D eigenvalue weighted by atomic mass is 10.00. The number of imidazole rings is 1. The number of aromatic nitrogens is 4. The van der Waals surface area contributed by atoms with E-state index in [1.807, 2.05) is 0 Å². The number of aliphatic hydroxyl groups excluding tert-OH is 1. The van der Waals surface area contributed by atoms with Crippen LogP contribution in [0.5, 0.6) is 5.75 Å². The molecule has 0 saturated carbocycles. The summed E-state index contributed by atoms with van der Waals surface area (Å²) in [5.74, 6) is 1.49. The molecule has 33 heavy (non-hydrogen) atoms. The molecular formula is C21H26N6O6. The van der Waals surface area contributed by atoms with Gasteiger partial charge in [0.15, 0.2) is 11.2 Å². The Bertz CT molecular complexity index is 1270. The number of nitrogens with zero attached hydrogens (tertiary/aromatic N) is 5. The Morgan fingerprint density at radius 2 is 1.94 bits per heavy atom. The van der Waals surface area contributed by atoms with Gasteiger partial charge < -0.3 is 19.3 Å². The molecule has 2 aromatic heterocycles. The molecule has 0 aliphatic carbocycles. The van der Waals surface area contributed by atoms with Crippen LogP contribution in [0.4, 0.5) is 11.6 Å². The third-order valence-corrected chi connectivity index (χ3v) is 5.94. The average Bonchev–Trinajstić information content (AvgIpc) is 3.16. The summed E-state index contributed by atoms with van der Waals surface area (Å²) >= 11 is 0. The highest BCUT2D eigenvalue weighted by molar-refractivity contribution is 5.74. The summed E-state index contributed by atoms with van der Waals surface area (Å²) in [5.41, 5.74) is -0.724. The minimum Gasteiger partial charge on any atom is -0.491 e. The number of fused-ring (bicyclic) bond motifs is 1. The first-order chi connectivity index (χ1) is 15.7. The summed E-state index contributed by atoms with van der Waals surface area (Å²) in [6.45, 7) is 3.62. The maximum absolute atomic E-state index is 12.7. The highest BCUT2D eigenvalue weighted by Crippen LogP contribution is 2.25. The molecule has 1 aliphatic rings. The van der Waals surface area contributed by atoms with Crippen molar-refractivity contribution in [1.29, 1.82) is 0 Å². The van der Waals surface area contributed by atoms with E-state index >= 15 is 0 Å². The first kappa shape index (κ1) is 22.5. The summed E-state index contributed by atoms with van der Waals surface area (Å²) in [5, 5.41) is 21.5. The van der Waals surface area contributed by atoms with Crippen LogP contribution in [0.25, 0.3) is 11.2 Å². The van der Waals surface area contributed by atoms with Crippen LogP contribution >= 0.6 is 0 Å². The maximum atomic E-state index is 12.7. The Morgan fingerprint density at radius 3 is 2.58 bits per heavy atom. The standard InChI is InChI=1S/C21H26N6O6/c1-13-7-9-25(10-8-13)20-22-18-17(19(29)23-21(30)24(18)2)26(20)11-15(28)12-33-16-5-3-14(4-6-16)27(31)32/h3-6,13,15,28H,7-12H2,1-2H3,(H,23,29,30). The molecule has 2 N–H and O–H groups in total. The highest BCUT2D eigenvalue weighted by atomic mass is 16.6.